The summed E-state index contributed by atoms with van der Waals surface area (Å²) in [4.78, 5) is 15.5. The zero-order valence-corrected chi connectivity index (χ0v) is 15.6. The molecule has 0 saturated carbocycles. The summed E-state index contributed by atoms with van der Waals surface area (Å²) in [5, 5.41) is 6.81. The number of piperazine rings is 1. The van der Waals surface area contributed by atoms with E-state index >= 15 is 0 Å². The number of hydrogen-bond acceptors (Lipinski definition) is 3. The largest absolute Gasteiger partial charge is 0.376 e. The highest BCUT2D eigenvalue weighted by Gasteiger charge is 2.24. The molecule has 2 saturated heterocycles. The van der Waals surface area contributed by atoms with Crippen molar-refractivity contribution in [3.8, 4) is 0 Å². The van der Waals surface area contributed by atoms with Crippen molar-refractivity contribution in [2.75, 3.05) is 51.2 Å². The van der Waals surface area contributed by atoms with Gasteiger partial charge in [0.15, 0.2) is 11.7 Å². The molecule has 1 atom stereocenters. The normalized spacial score (nSPS) is 20.8. The van der Waals surface area contributed by atoms with Crippen LogP contribution in [-0.4, -0.2) is 67.9 Å². The van der Waals surface area contributed by atoms with E-state index in [1.54, 1.807) is 12.1 Å². The molecule has 142 valence electrons. The molecule has 3 N–H and O–H groups in total. The van der Waals surface area contributed by atoms with Crippen molar-refractivity contribution < 1.29 is 18.8 Å². The fourth-order valence-electron chi connectivity index (χ4n) is 3.32. The summed E-state index contributed by atoms with van der Waals surface area (Å²) in [5.41, 5.74) is 0.493. The molecule has 0 spiro atoms. The maximum absolute atomic E-state index is 13.2. The topological polar surface area (TPSA) is 58.0 Å². The number of nitrogens with zero attached hydrogens (tertiary/aromatic N) is 1. The van der Waals surface area contributed by atoms with E-state index in [0.29, 0.717) is 12.2 Å². The van der Waals surface area contributed by atoms with Gasteiger partial charge in [-0.05, 0) is 43.3 Å². The fourth-order valence-corrected chi connectivity index (χ4v) is 3.59. The third-order valence-corrected chi connectivity index (χ3v) is 5.18. The lowest BCUT2D eigenvalue weighted by atomic mass is 10.2. The van der Waals surface area contributed by atoms with Gasteiger partial charge < -0.3 is 25.2 Å². The Bertz CT molecular complexity index is 631. The van der Waals surface area contributed by atoms with Gasteiger partial charge in [0.25, 0.3) is 5.91 Å². The Morgan fingerprint density at radius 1 is 1.38 bits per heavy atom. The predicted octanol–water partition coefficient (Wildman–Crippen LogP) is 0.0182. The van der Waals surface area contributed by atoms with Gasteiger partial charge in [-0.3, -0.25) is 4.79 Å². The number of amides is 1. The first kappa shape index (κ1) is 19.0. The van der Waals surface area contributed by atoms with Crippen LogP contribution in [0.5, 0.6) is 0 Å². The standard InChI is InChI=1S/C18H25FN4O2S/c19-14-3-1-4-15(11-14)21-17(24)13-22-6-8-23(9-7-22)18(26)20-12-16-5-2-10-25-16/h1,3-4,11,16H,2,5-10,12-13H2,(H,20,26)(H,21,24)/p+1/t16-/m0/s1. The number of hydrogen-bond donors (Lipinski definition) is 3. The number of carbonyl (C=O) groups is 1. The van der Waals surface area contributed by atoms with Crippen LogP contribution in [0, 0.1) is 5.82 Å². The number of quaternary nitrogens is 1. The minimum atomic E-state index is -0.354. The molecule has 26 heavy (non-hydrogen) atoms. The average Bonchev–Trinajstić information content (AvgIpc) is 3.14. The summed E-state index contributed by atoms with van der Waals surface area (Å²) < 4.78 is 18.8. The van der Waals surface area contributed by atoms with Crippen LogP contribution in [0.3, 0.4) is 0 Å². The Balaban J connectivity index is 1.36. The predicted molar refractivity (Wildman–Crippen MR) is 102 cm³/mol. The summed E-state index contributed by atoms with van der Waals surface area (Å²) in [6.07, 6.45) is 2.48. The molecule has 2 fully saturated rings. The fraction of sp³-hybridized carbons (Fsp3) is 0.556. The smallest absolute Gasteiger partial charge is 0.279 e. The number of thiocarbonyl (C=S) groups is 1. The van der Waals surface area contributed by atoms with E-state index in [0.717, 1.165) is 57.3 Å². The number of carbonyl (C=O) groups excluding carboxylic acids is 1. The number of anilines is 1. The van der Waals surface area contributed by atoms with Gasteiger partial charge in [-0.25, -0.2) is 4.39 Å². The van der Waals surface area contributed by atoms with Crippen molar-refractivity contribution in [1.29, 1.82) is 0 Å². The molecule has 6 nitrogen and oxygen atoms in total. The molecule has 0 unspecified atom stereocenters. The van der Waals surface area contributed by atoms with Gasteiger partial charge in [-0.15, -0.1) is 0 Å². The zero-order chi connectivity index (χ0) is 18.4. The van der Waals surface area contributed by atoms with Gasteiger partial charge in [-0.2, -0.15) is 0 Å². The van der Waals surface area contributed by atoms with Crippen LogP contribution in [-0.2, 0) is 9.53 Å². The molecule has 0 aromatic heterocycles. The van der Waals surface area contributed by atoms with E-state index in [1.165, 1.54) is 17.0 Å². The Labute approximate surface area is 158 Å². The van der Waals surface area contributed by atoms with Gasteiger partial charge in [0.2, 0.25) is 0 Å². The van der Waals surface area contributed by atoms with E-state index < -0.39 is 0 Å². The highest BCUT2D eigenvalue weighted by atomic mass is 32.1. The van der Waals surface area contributed by atoms with Gasteiger partial charge in [0.1, 0.15) is 5.82 Å². The second-order valence-corrected chi connectivity index (χ2v) is 7.18. The van der Waals surface area contributed by atoms with Crippen LogP contribution in [0.15, 0.2) is 24.3 Å². The molecule has 0 bridgehead atoms. The second kappa shape index (κ2) is 9.25. The van der Waals surface area contributed by atoms with Gasteiger partial charge in [0.05, 0.1) is 32.3 Å². The minimum absolute atomic E-state index is 0.0990. The number of halogens is 1. The summed E-state index contributed by atoms with van der Waals surface area (Å²) >= 11 is 5.47. The Kier molecular flexibility index (Phi) is 6.76. The molecule has 8 heteroatoms. The first-order valence-electron chi connectivity index (χ1n) is 9.13. The van der Waals surface area contributed by atoms with Crippen molar-refractivity contribution in [2.45, 2.75) is 18.9 Å². The van der Waals surface area contributed by atoms with Crippen molar-refractivity contribution >= 4 is 28.9 Å². The number of nitrogens with one attached hydrogen (secondary N) is 3. The summed E-state index contributed by atoms with van der Waals surface area (Å²) in [7, 11) is 0. The molecule has 2 aliphatic heterocycles. The van der Waals surface area contributed by atoms with E-state index in [1.807, 2.05) is 0 Å². The molecular weight excluding hydrogens is 355 g/mol. The molecule has 1 aromatic carbocycles. The molecule has 2 heterocycles. The third-order valence-electron chi connectivity index (χ3n) is 4.78. The highest BCUT2D eigenvalue weighted by Crippen LogP contribution is 2.11. The third kappa shape index (κ3) is 5.62. The van der Waals surface area contributed by atoms with Crippen LogP contribution >= 0.6 is 12.2 Å². The lowest BCUT2D eigenvalue weighted by Crippen LogP contribution is -3.15. The lowest BCUT2D eigenvalue weighted by Gasteiger charge is -2.33. The summed E-state index contributed by atoms with van der Waals surface area (Å²) in [6.45, 7) is 5.32. The molecule has 2 aliphatic rings. The Morgan fingerprint density at radius 3 is 2.88 bits per heavy atom. The molecular formula is C18H26FN4O2S+. The maximum atomic E-state index is 13.2. The van der Waals surface area contributed by atoms with Crippen LogP contribution in [0.2, 0.25) is 0 Å². The average molecular weight is 381 g/mol. The Morgan fingerprint density at radius 2 is 2.19 bits per heavy atom. The van der Waals surface area contributed by atoms with Crippen molar-refractivity contribution in [3.63, 3.8) is 0 Å². The van der Waals surface area contributed by atoms with Gasteiger partial charge in [0, 0.05) is 18.8 Å². The van der Waals surface area contributed by atoms with Crippen LogP contribution in [0.25, 0.3) is 0 Å². The number of ether oxygens (including phenoxy) is 1. The summed E-state index contributed by atoms with van der Waals surface area (Å²) in [5.74, 6) is -0.453. The Hall–Kier alpha value is -1.77. The van der Waals surface area contributed by atoms with Crippen LogP contribution in [0.1, 0.15) is 12.8 Å². The minimum Gasteiger partial charge on any atom is -0.376 e. The molecule has 3 rings (SSSR count). The van der Waals surface area contributed by atoms with E-state index in [9.17, 15) is 9.18 Å². The number of benzene rings is 1. The van der Waals surface area contributed by atoms with Crippen molar-refractivity contribution in [1.82, 2.24) is 10.2 Å². The van der Waals surface area contributed by atoms with Crippen molar-refractivity contribution in [3.05, 3.63) is 30.1 Å². The first-order chi connectivity index (χ1) is 12.6. The van der Waals surface area contributed by atoms with Crippen LogP contribution in [0.4, 0.5) is 10.1 Å². The zero-order valence-electron chi connectivity index (χ0n) is 14.8. The summed E-state index contributed by atoms with van der Waals surface area (Å²) in [6, 6.07) is 5.95. The van der Waals surface area contributed by atoms with E-state index in [-0.39, 0.29) is 17.8 Å². The van der Waals surface area contributed by atoms with Crippen molar-refractivity contribution in [2.24, 2.45) is 0 Å². The molecule has 1 aromatic rings. The maximum Gasteiger partial charge on any atom is 0.279 e. The van der Waals surface area contributed by atoms with E-state index in [4.69, 9.17) is 17.0 Å². The first-order valence-corrected chi connectivity index (χ1v) is 9.54. The van der Waals surface area contributed by atoms with E-state index in [2.05, 4.69) is 15.5 Å². The monoisotopic (exact) mass is 381 g/mol. The van der Waals surface area contributed by atoms with Gasteiger partial charge >= 0.3 is 0 Å². The number of rotatable bonds is 5. The molecule has 0 radical (unpaired) electrons. The molecule has 1 amide bonds. The quantitative estimate of drug-likeness (QED) is 0.628. The SMILES string of the molecule is O=C(C[NH+]1CCN(C(=S)NC[C@@H]2CCCO2)CC1)Nc1cccc(F)c1. The van der Waals surface area contributed by atoms with Crippen LogP contribution < -0.4 is 15.5 Å². The highest BCUT2D eigenvalue weighted by molar-refractivity contribution is 7.80. The second-order valence-electron chi connectivity index (χ2n) is 6.79. The molecule has 0 aliphatic carbocycles. The van der Waals surface area contributed by atoms with Gasteiger partial charge in [-0.1, -0.05) is 6.07 Å². The lowest BCUT2D eigenvalue weighted by molar-refractivity contribution is -0.895.